The Labute approximate surface area is 110 Å². The predicted molar refractivity (Wildman–Crippen MR) is 75.9 cm³/mol. The standard InChI is InChI=1S/C16H25NO/c1-16(2)10-7-14(8-11-16)17-12-9-13-3-5-15(18)6-4-13/h3-6,14,17-18H,7-12H2,1-2H3. The minimum absolute atomic E-state index is 0.348. The number of phenols is 1. The molecule has 2 N–H and O–H groups in total. The molecule has 2 rings (SSSR count). The molecule has 18 heavy (non-hydrogen) atoms. The second kappa shape index (κ2) is 5.75. The zero-order valence-corrected chi connectivity index (χ0v) is 11.6. The number of hydrogen-bond donors (Lipinski definition) is 2. The predicted octanol–water partition coefficient (Wildman–Crippen LogP) is 3.49. The van der Waals surface area contributed by atoms with Crippen LogP contribution < -0.4 is 5.32 Å². The molecule has 0 bridgehead atoms. The van der Waals surface area contributed by atoms with Gasteiger partial charge in [0.2, 0.25) is 0 Å². The molecule has 0 spiro atoms. The van der Waals surface area contributed by atoms with Crippen LogP contribution in [0.2, 0.25) is 0 Å². The zero-order valence-electron chi connectivity index (χ0n) is 11.6. The molecule has 1 aliphatic carbocycles. The van der Waals surface area contributed by atoms with Crippen molar-refractivity contribution in [1.82, 2.24) is 5.32 Å². The topological polar surface area (TPSA) is 32.3 Å². The first-order chi connectivity index (χ1) is 8.55. The molecule has 1 aliphatic rings. The van der Waals surface area contributed by atoms with Gasteiger partial charge in [-0.2, -0.15) is 0 Å². The molecule has 0 radical (unpaired) electrons. The van der Waals surface area contributed by atoms with Crippen LogP contribution in [-0.2, 0) is 6.42 Å². The van der Waals surface area contributed by atoms with Crippen molar-refractivity contribution in [1.29, 1.82) is 0 Å². The van der Waals surface area contributed by atoms with Gasteiger partial charge < -0.3 is 10.4 Å². The normalized spacial score (nSPS) is 19.9. The van der Waals surface area contributed by atoms with Crippen LogP contribution in [0, 0.1) is 5.41 Å². The van der Waals surface area contributed by atoms with Gasteiger partial charge in [0.1, 0.15) is 5.75 Å². The monoisotopic (exact) mass is 247 g/mol. The van der Waals surface area contributed by atoms with Gasteiger partial charge in [0, 0.05) is 6.04 Å². The first kappa shape index (κ1) is 13.4. The summed E-state index contributed by atoms with van der Waals surface area (Å²) in [7, 11) is 0. The van der Waals surface area contributed by atoms with Crippen molar-refractivity contribution in [3.8, 4) is 5.75 Å². The van der Waals surface area contributed by atoms with Gasteiger partial charge >= 0.3 is 0 Å². The molecule has 0 amide bonds. The number of phenolic OH excluding ortho intramolecular Hbond substituents is 1. The van der Waals surface area contributed by atoms with Gasteiger partial charge in [0.15, 0.2) is 0 Å². The van der Waals surface area contributed by atoms with Crippen molar-refractivity contribution in [3.05, 3.63) is 29.8 Å². The van der Waals surface area contributed by atoms with Crippen LogP contribution in [-0.4, -0.2) is 17.7 Å². The summed E-state index contributed by atoms with van der Waals surface area (Å²) < 4.78 is 0. The lowest BCUT2D eigenvalue weighted by Crippen LogP contribution is -2.36. The number of rotatable bonds is 4. The van der Waals surface area contributed by atoms with E-state index in [1.807, 2.05) is 12.1 Å². The Kier molecular flexibility index (Phi) is 4.28. The minimum Gasteiger partial charge on any atom is -0.508 e. The summed E-state index contributed by atoms with van der Waals surface area (Å²) in [6, 6.07) is 8.23. The van der Waals surface area contributed by atoms with E-state index in [2.05, 4.69) is 19.2 Å². The molecule has 0 saturated heterocycles. The van der Waals surface area contributed by atoms with E-state index in [4.69, 9.17) is 0 Å². The van der Waals surface area contributed by atoms with Crippen molar-refractivity contribution in [2.75, 3.05) is 6.54 Å². The van der Waals surface area contributed by atoms with Crippen LogP contribution in [0.3, 0.4) is 0 Å². The Morgan fingerprint density at radius 2 is 1.78 bits per heavy atom. The average Bonchev–Trinajstić information content (AvgIpc) is 2.34. The molecular weight excluding hydrogens is 222 g/mol. The molecule has 1 saturated carbocycles. The van der Waals surface area contributed by atoms with Crippen LogP contribution in [0.25, 0.3) is 0 Å². The number of benzene rings is 1. The minimum atomic E-state index is 0.348. The highest BCUT2D eigenvalue weighted by Crippen LogP contribution is 2.34. The summed E-state index contributed by atoms with van der Waals surface area (Å²) in [5, 5.41) is 12.9. The van der Waals surface area contributed by atoms with Crippen molar-refractivity contribution >= 4 is 0 Å². The molecule has 2 heteroatoms. The van der Waals surface area contributed by atoms with E-state index in [9.17, 15) is 5.11 Å². The first-order valence-corrected chi connectivity index (χ1v) is 7.06. The van der Waals surface area contributed by atoms with Gasteiger partial charge in [-0.05, 0) is 61.8 Å². The summed E-state index contributed by atoms with van der Waals surface area (Å²) >= 11 is 0. The fraction of sp³-hybridized carbons (Fsp3) is 0.625. The highest BCUT2D eigenvalue weighted by atomic mass is 16.3. The molecule has 1 fully saturated rings. The second-order valence-corrected chi connectivity index (χ2v) is 6.31. The van der Waals surface area contributed by atoms with Crippen molar-refractivity contribution in [2.24, 2.45) is 5.41 Å². The molecule has 2 nitrogen and oxygen atoms in total. The molecule has 1 aromatic carbocycles. The Morgan fingerprint density at radius 1 is 1.17 bits per heavy atom. The third kappa shape index (κ3) is 4.02. The van der Waals surface area contributed by atoms with Gasteiger partial charge in [0.05, 0.1) is 0 Å². The molecule has 0 unspecified atom stereocenters. The van der Waals surface area contributed by atoms with Gasteiger partial charge in [-0.3, -0.25) is 0 Å². The summed E-state index contributed by atoms with van der Waals surface area (Å²) in [5.74, 6) is 0.348. The van der Waals surface area contributed by atoms with Crippen molar-refractivity contribution < 1.29 is 5.11 Å². The molecule has 0 aliphatic heterocycles. The fourth-order valence-corrected chi connectivity index (χ4v) is 2.69. The van der Waals surface area contributed by atoms with E-state index in [0.717, 1.165) is 13.0 Å². The van der Waals surface area contributed by atoms with Gasteiger partial charge in [0.25, 0.3) is 0 Å². The smallest absolute Gasteiger partial charge is 0.115 e. The van der Waals surface area contributed by atoms with Crippen molar-refractivity contribution in [3.63, 3.8) is 0 Å². The molecule has 100 valence electrons. The first-order valence-electron chi connectivity index (χ1n) is 7.06. The van der Waals surface area contributed by atoms with Crippen LogP contribution in [0.1, 0.15) is 45.1 Å². The number of hydrogen-bond acceptors (Lipinski definition) is 2. The number of nitrogens with one attached hydrogen (secondary N) is 1. The molecule has 0 aromatic heterocycles. The van der Waals surface area contributed by atoms with Gasteiger partial charge in [-0.15, -0.1) is 0 Å². The Balaban J connectivity index is 1.68. The van der Waals surface area contributed by atoms with E-state index in [-0.39, 0.29) is 0 Å². The molecular formula is C16H25NO. The summed E-state index contributed by atoms with van der Waals surface area (Å²) in [4.78, 5) is 0. The van der Waals surface area contributed by atoms with Crippen LogP contribution in [0.5, 0.6) is 5.75 Å². The average molecular weight is 247 g/mol. The summed E-state index contributed by atoms with van der Waals surface area (Å²) in [6.07, 6.45) is 6.33. The quantitative estimate of drug-likeness (QED) is 0.853. The van der Waals surface area contributed by atoms with E-state index in [1.165, 1.54) is 31.2 Å². The molecule has 0 heterocycles. The highest BCUT2D eigenvalue weighted by molar-refractivity contribution is 5.25. The number of aromatic hydroxyl groups is 1. The largest absolute Gasteiger partial charge is 0.508 e. The maximum atomic E-state index is 9.22. The Hall–Kier alpha value is -1.02. The van der Waals surface area contributed by atoms with Gasteiger partial charge in [-0.1, -0.05) is 26.0 Å². The molecule has 0 atom stereocenters. The lowest BCUT2D eigenvalue weighted by atomic mass is 9.75. The van der Waals surface area contributed by atoms with Crippen LogP contribution in [0.4, 0.5) is 0 Å². The second-order valence-electron chi connectivity index (χ2n) is 6.31. The van der Waals surface area contributed by atoms with Crippen LogP contribution in [0.15, 0.2) is 24.3 Å². The Bertz CT molecular complexity index is 359. The van der Waals surface area contributed by atoms with Gasteiger partial charge in [-0.25, -0.2) is 0 Å². The van der Waals surface area contributed by atoms with Crippen LogP contribution >= 0.6 is 0 Å². The Morgan fingerprint density at radius 3 is 2.39 bits per heavy atom. The van der Waals surface area contributed by atoms with E-state index in [0.29, 0.717) is 17.2 Å². The highest BCUT2D eigenvalue weighted by Gasteiger charge is 2.26. The maximum Gasteiger partial charge on any atom is 0.115 e. The lowest BCUT2D eigenvalue weighted by molar-refractivity contribution is 0.207. The third-order valence-corrected chi connectivity index (χ3v) is 4.12. The summed E-state index contributed by atoms with van der Waals surface area (Å²) in [6.45, 7) is 5.79. The lowest BCUT2D eigenvalue weighted by Gasteiger charge is -2.34. The maximum absolute atomic E-state index is 9.22. The molecule has 1 aromatic rings. The van der Waals surface area contributed by atoms with E-state index < -0.39 is 0 Å². The van der Waals surface area contributed by atoms with Crippen molar-refractivity contribution in [2.45, 2.75) is 52.0 Å². The van der Waals surface area contributed by atoms with E-state index in [1.54, 1.807) is 12.1 Å². The third-order valence-electron chi connectivity index (χ3n) is 4.12. The fourth-order valence-electron chi connectivity index (χ4n) is 2.69. The SMILES string of the molecule is CC1(C)CCC(NCCc2ccc(O)cc2)CC1. The van der Waals surface area contributed by atoms with E-state index >= 15 is 0 Å². The zero-order chi connectivity index (χ0) is 13.0. The summed E-state index contributed by atoms with van der Waals surface area (Å²) in [5.41, 5.74) is 1.84.